The van der Waals surface area contributed by atoms with Crippen molar-refractivity contribution in [3.8, 4) is 0 Å². The lowest BCUT2D eigenvalue weighted by Crippen LogP contribution is -2.39. The summed E-state index contributed by atoms with van der Waals surface area (Å²) in [5.41, 5.74) is 0. The van der Waals surface area contributed by atoms with E-state index in [0.29, 0.717) is 52.0 Å². The van der Waals surface area contributed by atoms with Gasteiger partial charge >= 0.3 is 6.03 Å². The zero-order valence-electron chi connectivity index (χ0n) is 13.1. The summed E-state index contributed by atoms with van der Waals surface area (Å²) in [6, 6.07) is -0.173. The molecule has 0 atom stereocenters. The Kier molecular flexibility index (Phi) is 13.3. The highest BCUT2D eigenvalue weighted by Gasteiger charge is 2.00. The smallest absolute Gasteiger partial charge is 0.314 e. The van der Waals surface area contributed by atoms with E-state index in [1.165, 1.54) is 0 Å². The van der Waals surface area contributed by atoms with Gasteiger partial charge in [-0.2, -0.15) is 0 Å². The first kappa shape index (κ1) is 20.0. The highest BCUT2D eigenvalue weighted by molar-refractivity contribution is 8.12. The molecular weight excluding hydrogens is 294 g/mol. The van der Waals surface area contributed by atoms with E-state index >= 15 is 0 Å². The normalized spacial score (nSPS) is 10.5. The van der Waals surface area contributed by atoms with Gasteiger partial charge < -0.3 is 25.4 Å². The number of hydrogen-bond acceptors (Lipinski definition) is 5. The molecule has 0 aliphatic heterocycles. The minimum Gasteiger partial charge on any atom is -0.377 e. The summed E-state index contributed by atoms with van der Waals surface area (Å²) in [5.74, 6) is 0.435. The zero-order chi connectivity index (χ0) is 15.9. The maximum atomic E-state index is 11.3. The van der Waals surface area contributed by atoms with Crippen LogP contribution in [-0.4, -0.2) is 63.6 Å². The van der Waals surface area contributed by atoms with Crippen molar-refractivity contribution in [3.05, 3.63) is 0 Å². The molecule has 8 heteroatoms. The van der Waals surface area contributed by atoms with Crippen LogP contribution in [0.2, 0.25) is 0 Å². The highest BCUT2D eigenvalue weighted by atomic mass is 32.2. The number of urea groups is 1. The molecule has 7 nitrogen and oxygen atoms in total. The largest absolute Gasteiger partial charge is 0.377 e. The quantitative estimate of drug-likeness (QED) is 0.495. The van der Waals surface area contributed by atoms with E-state index in [-0.39, 0.29) is 11.3 Å². The Morgan fingerprint density at radius 3 is 2.05 bits per heavy atom. The number of hydrogen-bond donors (Lipinski definition) is 3. The minimum atomic E-state index is -0.173. The summed E-state index contributed by atoms with van der Waals surface area (Å²) in [5, 5.41) is 8.08. The van der Waals surface area contributed by atoms with Gasteiger partial charge in [0.1, 0.15) is 0 Å². The number of amides is 3. The van der Waals surface area contributed by atoms with Crippen LogP contribution in [0.25, 0.3) is 0 Å². The average Bonchev–Trinajstić information content (AvgIpc) is 2.46. The molecule has 0 unspecified atom stereocenters. The second-order valence-corrected chi connectivity index (χ2v) is 5.45. The van der Waals surface area contributed by atoms with E-state index in [4.69, 9.17) is 9.47 Å². The third-order valence-electron chi connectivity index (χ3n) is 2.28. The summed E-state index contributed by atoms with van der Waals surface area (Å²) >= 11 is 1.14. The van der Waals surface area contributed by atoms with E-state index in [1.54, 1.807) is 6.26 Å². The summed E-state index contributed by atoms with van der Waals surface area (Å²) in [4.78, 5) is 22.2. The third kappa shape index (κ3) is 15.2. The molecule has 21 heavy (non-hydrogen) atoms. The molecule has 3 amide bonds. The van der Waals surface area contributed by atoms with Gasteiger partial charge in [0.15, 0.2) is 0 Å². The molecular formula is C13H27N3O4S. The first-order chi connectivity index (χ1) is 10.1. The lowest BCUT2D eigenvalue weighted by Gasteiger charge is -2.10. The van der Waals surface area contributed by atoms with Crippen LogP contribution in [0, 0.1) is 5.92 Å². The molecule has 0 aliphatic rings. The monoisotopic (exact) mass is 321 g/mol. The summed E-state index contributed by atoms with van der Waals surface area (Å²) in [6.07, 6.45) is 1.72. The van der Waals surface area contributed by atoms with Crippen molar-refractivity contribution in [1.82, 2.24) is 16.0 Å². The Bertz CT molecular complexity index is 291. The van der Waals surface area contributed by atoms with Gasteiger partial charge in [-0.25, -0.2) is 4.79 Å². The summed E-state index contributed by atoms with van der Waals surface area (Å²) < 4.78 is 10.6. The van der Waals surface area contributed by atoms with Gasteiger partial charge in [-0.3, -0.25) is 4.79 Å². The lowest BCUT2D eigenvalue weighted by molar-refractivity contribution is 0.0512. The molecule has 0 aliphatic carbocycles. The molecule has 0 radical (unpaired) electrons. The van der Waals surface area contributed by atoms with Crippen LogP contribution in [0.5, 0.6) is 0 Å². The van der Waals surface area contributed by atoms with E-state index in [2.05, 4.69) is 16.0 Å². The van der Waals surface area contributed by atoms with Crippen molar-refractivity contribution in [2.75, 3.05) is 52.3 Å². The van der Waals surface area contributed by atoms with Crippen molar-refractivity contribution in [2.45, 2.75) is 13.8 Å². The summed E-state index contributed by atoms with van der Waals surface area (Å²) in [6.45, 7) is 7.54. The Hall–Kier alpha value is -0.990. The SMILES string of the molecule is CSC(=O)NCCOCCOCCNC(=O)NCC(C)C. The number of rotatable bonds is 11. The van der Waals surface area contributed by atoms with Crippen LogP contribution in [-0.2, 0) is 9.47 Å². The number of ether oxygens (including phenoxy) is 2. The second-order valence-electron chi connectivity index (χ2n) is 4.67. The van der Waals surface area contributed by atoms with E-state index in [1.807, 2.05) is 13.8 Å². The standard InChI is InChI=1S/C13H27N3O4S/c1-11(2)10-16-12(17)14-4-6-19-8-9-20-7-5-15-13(18)21-3/h11H,4-10H2,1-3H3,(H,15,18)(H2,14,16,17). The van der Waals surface area contributed by atoms with Gasteiger partial charge in [0.2, 0.25) is 0 Å². The molecule has 3 N–H and O–H groups in total. The molecule has 0 bridgehead atoms. The van der Waals surface area contributed by atoms with Gasteiger partial charge in [-0.1, -0.05) is 25.6 Å². The van der Waals surface area contributed by atoms with Crippen LogP contribution in [0.15, 0.2) is 0 Å². The molecule has 0 heterocycles. The number of thioether (sulfide) groups is 1. The molecule has 0 spiro atoms. The predicted molar refractivity (Wildman–Crippen MR) is 84.8 cm³/mol. The van der Waals surface area contributed by atoms with Crippen molar-refractivity contribution >= 4 is 23.0 Å². The molecule has 0 fully saturated rings. The van der Waals surface area contributed by atoms with Gasteiger partial charge in [-0.15, -0.1) is 0 Å². The molecule has 0 aromatic carbocycles. The number of carbonyl (C=O) groups is 2. The van der Waals surface area contributed by atoms with Crippen molar-refractivity contribution in [1.29, 1.82) is 0 Å². The molecule has 0 rings (SSSR count). The van der Waals surface area contributed by atoms with Gasteiger partial charge in [0, 0.05) is 19.6 Å². The third-order valence-corrected chi connectivity index (χ3v) is 2.79. The van der Waals surface area contributed by atoms with Crippen LogP contribution in [0.3, 0.4) is 0 Å². The molecule has 124 valence electrons. The van der Waals surface area contributed by atoms with E-state index in [9.17, 15) is 9.59 Å². The fourth-order valence-electron chi connectivity index (χ4n) is 1.22. The first-order valence-electron chi connectivity index (χ1n) is 7.05. The van der Waals surface area contributed by atoms with Gasteiger partial charge in [0.05, 0.1) is 26.4 Å². The van der Waals surface area contributed by atoms with Crippen LogP contribution < -0.4 is 16.0 Å². The lowest BCUT2D eigenvalue weighted by atomic mass is 10.2. The Morgan fingerprint density at radius 2 is 1.52 bits per heavy atom. The Morgan fingerprint density at radius 1 is 0.952 bits per heavy atom. The first-order valence-corrected chi connectivity index (χ1v) is 8.27. The van der Waals surface area contributed by atoms with Crippen LogP contribution in [0.1, 0.15) is 13.8 Å². The predicted octanol–water partition coefficient (Wildman–Crippen LogP) is 1.05. The van der Waals surface area contributed by atoms with E-state index < -0.39 is 0 Å². The number of nitrogens with one attached hydrogen (secondary N) is 3. The van der Waals surface area contributed by atoms with Crippen molar-refractivity contribution in [3.63, 3.8) is 0 Å². The summed E-state index contributed by atoms with van der Waals surface area (Å²) in [7, 11) is 0. The van der Waals surface area contributed by atoms with Crippen molar-refractivity contribution < 1.29 is 19.1 Å². The van der Waals surface area contributed by atoms with Crippen LogP contribution in [0.4, 0.5) is 9.59 Å². The molecule has 0 aromatic rings. The maximum Gasteiger partial charge on any atom is 0.314 e. The fourth-order valence-corrected chi connectivity index (χ4v) is 1.46. The Labute approximate surface area is 130 Å². The second kappa shape index (κ2) is 14.0. The molecule has 0 aromatic heterocycles. The topological polar surface area (TPSA) is 88.7 Å². The van der Waals surface area contributed by atoms with Crippen LogP contribution >= 0.6 is 11.8 Å². The van der Waals surface area contributed by atoms with Gasteiger partial charge in [-0.05, 0) is 12.2 Å². The minimum absolute atomic E-state index is 0.0586. The fraction of sp³-hybridized carbons (Fsp3) is 0.846. The van der Waals surface area contributed by atoms with Crippen molar-refractivity contribution in [2.24, 2.45) is 5.92 Å². The zero-order valence-corrected chi connectivity index (χ0v) is 13.9. The van der Waals surface area contributed by atoms with E-state index in [0.717, 1.165) is 11.8 Å². The highest BCUT2D eigenvalue weighted by Crippen LogP contribution is 1.91. The molecule has 0 saturated carbocycles. The average molecular weight is 321 g/mol. The van der Waals surface area contributed by atoms with Gasteiger partial charge in [0.25, 0.3) is 5.24 Å². The maximum absolute atomic E-state index is 11.3. The Balaban J connectivity index is 3.18. The molecule has 0 saturated heterocycles. The number of carbonyl (C=O) groups excluding carboxylic acids is 2.